The van der Waals surface area contributed by atoms with Crippen LogP contribution in [0.2, 0.25) is 5.02 Å². The van der Waals surface area contributed by atoms with Crippen molar-refractivity contribution < 1.29 is 13.7 Å². The Morgan fingerprint density at radius 1 is 1.47 bits per heavy atom. The number of hydrogen-bond acceptors (Lipinski definition) is 3. The van der Waals surface area contributed by atoms with E-state index in [9.17, 15) is 9.00 Å². The van der Waals surface area contributed by atoms with E-state index in [-0.39, 0.29) is 11.5 Å². The summed E-state index contributed by atoms with van der Waals surface area (Å²) >= 11 is 5.89. The van der Waals surface area contributed by atoms with Crippen molar-refractivity contribution in [3.05, 3.63) is 34.9 Å². The van der Waals surface area contributed by atoms with E-state index in [0.29, 0.717) is 5.02 Å². The van der Waals surface area contributed by atoms with Gasteiger partial charge in [0.05, 0.1) is 12.9 Å². The molecule has 15 heavy (non-hydrogen) atoms. The Labute approximate surface area is 95.8 Å². The topological polar surface area (TPSA) is 43.4 Å². The third-order valence-electron chi connectivity index (χ3n) is 1.78. The van der Waals surface area contributed by atoms with Gasteiger partial charge in [-0.25, -0.2) is 0 Å². The molecule has 0 aliphatic rings. The zero-order valence-corrected chi connectivity index (χ0v) is 9.81. The highest BCUT2D eigenvalue weighted by atomic mass is 35.5. The van der Waals surface area contributed by atoms with Gasteiger partial charge in [-0.15, -0.1) is 0 Å². The summed E-state index contributed by atoms with van der Waals surface area (Å²) in [5, 5.41) is 0.565. The zero-order chi connectivity index (χ0) is 11.3. The lowest BCUT2D eigenvalue weighted by Crippen LogP contribution is -2.13. The Kier molecular flexibility index (Phi) is 4.78. The Bertz CT molecular complexity index is 379. The molecule has 3 nitrogen and oxygen atoms in total. The lowest BCUT2D eigenvalue weighted by atomic mass is 10.2. The number of rotatable bonds is 4. The molecule has 0 spiro atoms. The van der Waals surface area contributed by atoms with Crippen molar-refractivity contribution in [3.63, 3.8) is 0 Å². The smallest absolute Gasteiger partial charge is 0.318 e. The van der Waals surface area contributed by atoms with Gasteiger partial charge < -0.3 is 4.74 Å². The molecule has 1 rings (SSSR count). The molecule has 0 amide bonds. The van der Waals surface area contributed by atoms with Crippen molar-refractivity contribution in [2.24, 2.45) is 0 Å². The Morgan fingerprint density at radius 2 is 2.13 bits per heavy atom. The molecule has 1 aromatic carbocycles. The van der Waals surface area contributed by atoms with Crippen molar-refractivity contribution in [1.82, 2.24) is 0 Å². The Hall–Kier alpha value is -0.870. The van der Waals surface area contributed by atoms with E-state index in [1.54, 1.807) is 18.2 Å². The summed E-state index contributed by atoms with van der Waals surface area (Å²) in [6.45, 7) is 0. The molecule has 0 bridgehead atoms. The molecule has 0 saturated heterocycles. The van der Waals surface area contributed by atoms with E-state index >= 15 is 0 Å². The molecule has 0 heterocycles. The minimum absolute atomic E-state index is 0.0955. The summed E-state index contributed by atoms with van der Waals surface area (Å²) in [6.07, 6.45) is 0. The van der Waals surface area contributed by atoms with Crippen LogP contribution in [0.4, 0.5) is 0 Å². The Balaban J connectivity index is 2.59. The quantitative estimate of drug-likeness (QED) is 0.761. The minimum atomic E-state index is -1.27. The van der Waals surface area contributed by atoms with Gasteiger partial charge in [-0.05, 0) is 11.6 Å². The Morgan fingerprint density at radius 3 is 2.73 bits per heavy atom. The second-order valence-corrected chi connectivity index (χ2v) is 4.76. The van der Waals surface area contributed by atoms with Crippen molar-refractivity contribution in [2.75, 3.05) is 12.9 Å². The van der Waals surface area contributed by atoms with Crippen LogP contribution in [0.1, 0.15) is 5.56 Å². The number of carbonyl (C=O) groups is 1. The average Bonchev–Trinajstić information content (AvgIpc) is 2.21. The number of ether oxygens (including phenoxy) is 1. The molecule has 0 radical (unpaired) electrons. The fourth-order valence-electron chi connectivity index (χ4n) is 1.03. The number of methoxy groups -OCH3 is 1. The van der Waals surface area contributed by atoms with Gasteiger partial charge in [0.1, 0.15) is 5.75 Å². The van der Waals surface area contributed by atoms with Crippen molar-refractivity contribution in [3.8, 4) is 0 Å². The van der Waals surface area contributed by atoms with Crippen LogP contribution in [-0.4, -0.2) is 23.0 Å². The predicted octanol–water partition coefficient (Wildman–Crippen LogP) is 1.76. The van der Waals surface area contributed by atoms with Gasteiger partial charge in [-0.2, -0.15) is 0 Å². The second kappa shape index (κ2) is 5.88. The third kappa shape index (κ3) is 4.01. The van der Waals surface area contributed by atoms with Crippen molar-refractivity contribution in [2.45, 2.75) is 5.75 Å². The largest absolute Gasteiger partial charge is 0.468 e. The van der Waals surface area contributed by atoms with Crippen LogP contribution in [0.5, 0.6) is 0 Å². The summed E-state index contributed by atoms with van der Waals surface area (Å²) < 4.78 is 15.9. The van der Waals surface area contributed by atoms with Crippen molar-refractivity contribution in [1.29, 1.82) is 0 Å². The number of halogens is 1. The molecule has 0 aromatic heterocycles. The molecule has 1 aromatic rings. The lowest BCUT2D eigenvalue weighted by molar-refractivity contribution is -0.137. The van der Waals surface area contributed by atoms with E-state index in [1.807, 2.05) is 6.07 Å². The lowest BCUT2D eigenvalue weighted by Gasteiger charge is -2.03. The molecule has 0 N–H and O–H groups in total. The van der Waals surface area contributed by atoms with Crippen LogP contribution >= 0.6 is 11.6 Å². The summed E-state index contributed by atoms with van der Waals surface area (Å²) in [5.74, 6) is -0.295. The molecular weight excluding hydrogens is 236 g/mol. The van der Waals surface area contributed by atoms with Crippen LogP contribution in [0, 0.1) is 0 Å². The average molecular weight is 247 g/mol. The van der Waals surface area contributed by atoms with Gasteiger partial charge in [0.25, 0.3) is 0 Å². The van der Waals surface area contributed by atoms with Crippen LogP contribution in [0.25, 0.3) is 0 Å². The first-order valence-electron chi connectivity index (χ1n) is 4.28. The van der Waals surface area contributed by atoms with Gasteiger partial charge in [0.2, 0.25) is 0 Å². The number of carbonyl (C=O) groups excluding carboxylic acids is 1. The van der Waals surface area contributed by atoms with E-state index in [2.05, 4.69) is 4.74 Å². The number of esters is 1. The molecule has 0 aliphatic carbocycles. The third-order valence-corrected chi connectivity index (χ3v) is 3.34. The van der Waals surface area contributed by atoms with Gasteiger partial charge >= 0.3 is 5.97 Å². The summed E-state index contributed by atoms with van der Waals surface area (Å²) in [6, 6.07) is 7.13. The normalized spacial score (nSPS) is 12.1. The SMILES string of the molecule is COC(=O)CS(=O)Cc1ccccc1Cl. The molecule has 1 unspecified atom stereocenters. The standard InChI is InChI=1S/C10H11ClO3S/c1-14-10(12)7-15(13)6-8-4-2-3-5-9(8)11/h2-5H,6-7H2,1H3. The highest BCUT2D eigenvalue weighted by Crippen LogP contribution is 2.16. The first-order valence-corrected chi connectivity index (χ1v) is 6.15. The van der Waals surface area contributed by atoms with Crippen LogP contribution in [0.15, 0.2) is 24.3 Å². The van der Waals surface area contributed by atoms with E-state index < -0.39 is 16.8 Å². The maximum Gasteiger partial charge on any atom is 0.318 e. The van der Waals surface area contributed by atoms with Crippen LogP contribution < -0.4 is 0 Å². The number of hydrogen-bond donors (Lipinski definition) is 0. The molecule has 5 heteroatoms. The summed E-state index contributed by atoms with van der Waals surface area (Å²) in [7, 11) is 0.00261. The van der Waals surface area contributed by atoms with Gasteiger partial charge in [-0.1, -0.05) is 29.8 Å². The first-order chi connectivity index (χ1) is 7.13. The van der Waals surface area contributed by atoms with Gasteiger partial charge in [-0.3, -0.25) is 9.00 Å². The summed E-state index contributed by atoms with van der Waals surface area (Å²) in [4.78, 5) is 10.8. The molecule has 1 atom stereocenters. The van der Waals surface area contributed by atoms with Crippen LogP contribution in [0.3, 0.4) is 0 Å². The molecule has 0 aliphatic heterocycles. The van der Waals surface area contributed by atoms with E-state index in [1.165, 1.54) is 7.11 Å². The van der Waals surface area contributed by atoms with Gasteiger partial charge in [0, 0.05) is 15.8 Å². The zero-order valence-electron chi connectivity index (χ0n) is 8.23. The molecule has 82 valence electrons. The highest BCUT2D eigenvalue weighted by molar-refractivity contribution is 7.84. The second-order valence-electron chi connectivity index (χ2n) is 2.90. The van der Waals surface area contributed by atoms with E-state index in [0.717, 1.165) is 5.56 Å². The minimum Gasteiger partial charge on any atom is -0.468 e. The monoisotopic (exact) mass is 246 g/mol. The van der Waals surface area contributed by atoms with Crippen LogP contribution in [-0.2, 0) is 26.1 Å². The fraction of sp³-hybridized carbons (Fsp3) is 0.300. The first kappa shape index (κ1) is 12.2. The number of benzene rings is 1. The van der Waals surface area contributed by atoms with Crippen molar-refractivity contribution >= 4 is 28.4 Å². The maximum absolute atomic E-state index is 11.5. The molecule has 0 fully saturated rings. The molecular formula is C10H11ClO3S. The van der Waals surface area contributed by atoms with E-state index in [4.69, 9.17) is 11.6 Å². The maximum atomic E-state index is 11.5. The fourth-order valence-corrected chi connectivity index (χ4v) is 2.39. The molecule has 0 saturated carbocycles. The summed E-state index contributed by atoms with van der Waals surface area (Å²) in [5.41, 5.74) is 0.779. The van der Waals surface area contributed by atoms with Gasteiger partial charge in [0.15, 0.2) is 0 Å². The predicted molar refractivity (Wildman–Crippen MR) is 60.2 cm³/mol. The highest BCUT2D eigenvalue weighted by Gasteiger charge is 2.10.